The smallest absolute Gasteiger partial charge is 0.265 e. The second-order valence-electron chi connectivity index (χ2n) is 14.9. The fourth-order valence-corrected chi connectivity index (χ4v) is 8.95. The lowest BCUT2D eigenvalue weighted by Gasteiger charge is -2.49. The van der Waals surface area contributed by atoms with Crippen molar-refractivity contribution >= 4 is 27.5 Å². The van der Waals surface area contributed by atoms with Crippen molar-refractivity contribution in [2.45, 2.75) is 109 Å². The van der Waals surface area contributed by atoms with Gasteiger partial charge in [-0.15, -0.1) is 0 Å². The normalized spacial score (nSPS) is 26.4. The Balaban J connectivity index is 1.48. The number of halogens is 2. The number of rotatable bonds is 11. The van der Waals surface area contributed by atoms with Crippen LogP contribution in [0.3, 0.4) is 0 Å². The molecule has 3 aliphatic carbocycles. The number of hydrogen-bond donors (Lipinski definition) is 2. The predicted molar refractivity (Wildman–Crippen MR) is 185 cm³/mol. The molecule has 0 amide bonds. The first kappa shape index (κ1) is 36.0. The Labute approximate surface area is 296 Å². The number of carbonyl (C=O) groups is 2. The molecule has 49 heavy (non-hydrogen) atoms. The molecule has 2 heterocycles. The van der Waals surface area contributed by atoms with Crippen molar-refractivity contribution in [2.24, 2.45) is 11.8 Å². The highest BCUT2D eigenvalue weighted by atomic mass is 79.9. The van der Waals surface area contributed by atoms with E-state index in [0.29, 0.717) is 29.8 Å². The monoisotopic (exact) mass is 745 g/mol. The zero-order valence-corrected chi connectivity index (χ0v) is 31.0. The van der Waals surface area contributed by atoms with Gasteiger partial charge in [0.15, 0.2) is 17.1 Å². The first-order valence-electron chi connectivity index (χ1n) is 17.7. The van der Waals surface area contributed by atoms with Gasteiger partial charge in [-0.2, -0.15) is 0 Å². The van der Waals surface area contributed by atoms with Crippen molar-refractivity contribution in [3.05, 3.63) is 49.6 Å². The van der Waals surface area contributed by atoms with Crippen molar-refractivity contribution in [2.75, 3.05) is 33.9 Å². The number of unbranched alkanes of at least 4 members (excludes halogenated alkanes) is 2. The van der Waals surface area contributed by atoms with E-state index in [1.807, 2.05) is 13.8 Å². The first-order valence-corrected chi connectivity index (χ1v) is 18.5. The van der Waals surface area contributed by atoms with Gasteiger partial charge in [0.25, 0.3) is 5.88 Å². The van der Waals surface area contributed by atoms with Gasteiger partial charge in [-0.3, -0.25) is 19.4 Å². The maximum absolute atomic E-state index is 16.9. The van der Waals surface area contributed by atoms with E-state index in [-0.39, 0.29) is 58.0 Å². The molecule has 1 aliphatic heterocycles. The third-order valence-electron chi connectivity index (χ3n) is 11.2. The lowest BCUT2D eigenvalue weighted by atomic mass is 9.58. The number of allylic oxidation sites excluding steroid dienone is 1. The standard InChI is InChI=1S/C37H49BrFN3O7/c1-7-9-15-47-31-25-21(28(39)22(27(31)38)19-42-14-12-11-13-36(42,3)4)17-20-18-23-29(41(5)6)32-26(35(40-49-32)48-16-10-8-2)34(45)37(23,46)33(44)24(20)30(25)43/h20,23,29,44,46H,7-19H2,1-6H3/t20-,23-,29-,37-/m0/s1. The van der Waals surface area contributed by atoms with Gasteiger partial charge in [0.1, 0.15) is 22.9 Å². The molecule has 1 fully saturated rings. The summed E-state index contributed by atoms with van der Waals surface area (Å²) in [6.45, 7) is 10.2. The zero-order valence-electron chi connectivity index (χ0n) is 29.5. The molecule has 6 rings (SSSR count). The minimum atomic E-state index is -2.45. The zero-order chi connectivity index (χ0) is 35.4. The number of Topliss-reactive ketones (excluding diaryl/α,β-unsaturated/α-hetero) is 2. The Hall–Kier alpha value is -2.80. The fourth-order valence-electron chi connectivity index (χ4n) is 8.34. The first-order chi connectivity index (χ1) is 23.3. The van der Waals surface area contributed by atoms with E-state index in [1.54, 1.807) is 19.0 Å². The van der Waals surface area contributed by atoms with E-state index in [1.165, 1.54) is 0 Å². The number of ketones is 2. The number of aliphatic hydroxyl groups excluding tert-OH is 1. The molecule has 0 radical (unpaired) electrons. The van der Waals surface area contributed by atoms with Crippen LogP contribution >= 0.6 is 15.9 Å². The summed E-state index contributed by atoms with van der Waals surface area (Å²) in [6, 6.07) is -0.687. The molecule has 0 unspecified atom stereocenters. The number of likely N-dealkylation sites (tertiary alicyclic amines) is 1. The van der Waals surface area contributed by atoms with Crippen LogP contribution < -0.4 is 9.47 Å². The third-order valence-corrected chi connectivity index (χ3v) is 12.0. The molecule has 4 atom stereocenters. The van der Waals surface area contributed by atoms with E-state index >= 15 is 4.39 Å². The second-order valence-corrected chi connectivity index (χ2v) is 15.7. The van der Waals surface area contributed by atoms with Gasteiger partial charge in [0, 0.05) is 34.7 Å². The summed E-state index contributed by atoms with van der Waals surface area (Å²) < 4.78 is 35.1. The average Bonchev–Trinajstić information content (AvgIpc) is 3.46. The Morgan fingerprint density at radius 1 is 1.10 bits per heavy atom. The Morgan fingerprint density at radius 3 is 2.45 bits per heavy atom. The van der Waals surface area contributed by atoms with Crippen LogP contribution in [0.5, 0.6) is 11.6 Å². The van der Waals surface area contributed by atoms with Gasteiger partial charge in [-0.05, 0) is 100 Å². The van der Waals surface area contributed by atoms with Gasteiger partial charge >= 0.3 is 0 Å². The van der Waals surface area contributed by atoms with E-state index in [9.17, 15) is 19.8 Å². The van der Waals surface area contributed by atoms with Crippen molar-refractivity contribution in [1.82, 2.24) is 15.0 Å². The molecule has 1 aromatic heterocycles. The van der Waals surface area contributed by atoms with Crippen molar-refractivity contribution in [3.8, 4) is 11.6 Å². The van der Waals surface area contributed by atoms with Crippen LogP contribution in [-0.2, 0) is 13.0 Å². The maximum Gasteiger partial charge on any atom is 0.265 e. The van der Waals surface area contributed by atoms with Crippen LogP contribution in [0.15, 0.2) is 20.3 Å². The summed E-state index contributed by atoms with van der Waals surface area (Å²) in [7, 11) is 3.57. The molecule has 12 heteroatoms. The van der Waals surface area contributed by atoms with Gasteiger partial charge in [0.05, 0.1) is 29.3 Å². The fraction of sp³-hybridized carbons (Fsp3) is 0.649. The molecule has 2 N–H and O–H groups in total. The predicted octanol–water partition coefficient (Wildman–Crippen LogP) is 7.12. The Kier molecular flexibility index (Phi) is 10.1. The summed E-state index contributed by atoms with van der Waals surface area (Å²) in [6.07, 6.45) is 6.52. The van der Waals surface area contributed by atoms with Crippen molar-refractivity contribution < 1.29 is 38.2 Å². The summed E-state index contributed by atoms with van der Waals surface area (Å²) >= 11 is 3.64. The van der Waals surface area contributed by atoms with Gasteiger partial charge in [0.2, 0.25) is 5.78 Å². The molecule has 1 aromatic carbocycles. The number of hydrogen-bond acceptors (Lipinski definition) is 10. The SMILES string of the molecule is CCCCOc1noc2c1C(=O)[C@@]1(O)C(O)=C3C(=O)c4c(c(F)c(CN5CCCCC5(C)C)c(Br)c4OCCCC)C[C@H]3C[C@H]1[C@@H]2N(C)C. The van der Waals surface area contributed by atoms with E-state index in [0.717, 1.165) is 51.5 Å². The molecule has 1 saturated heterocycles. The number of carbonyl (C=O) groups excluding carboxylic acids is 2. The molecule has 0 bridgehead atoms. The number of aromatic nitrogens is 1. The molecule has 0 saturated carbocycles. The number of fused-ring (bicyclic) bond motifs is 4. The quantitative estimate of drug-likeness (QED) is 0.230. The van der Waals surface area contributed by atoms with Crippen LogP contribution in [0.25, 0.3) is 0 Å². The number of ether oxygens (including phenoxy) is 2. The minimum absolute atomic E-state index is 0.0312. The van der Waals surface area contributed by atoms with E-state index in [4.69, 9.17) is 14.0 Å². The van der Waals surface area contributed by atoms with Gasteiger partial charge in [-0.1, -0.05) is 33.1 Å². The van der Waals surface area contributed by atoms with Crippen molar-refractivity contribution in [1.29, 1.82) is 0 Å². The summed E-state index contributed by atoms with van der Waals surface area (Å²) in [5, 5.41) is 28.4. The third kappa shape index (κ3) is 5.84. The molecule has 10 nitrogen and oxygen atoms in total. The molecule has 2 aromatic rings. The van der Waals surface area contributed by atoms with E-state index in [2.05, 4.69) is 39.8 Å². The molecule has 0 spiro atoms. The van der Waals surface area contributed by atoms with Gasteiger partial charge in [-0.25, -0.2) is 4.39 Å². The van der Waals surface area contributed by atoms with Gasteiger partial charge < -0.3 is 24.2 Å². The number of nitrogens with zero attached hydrogens (tertiary/aromatic N) is 3. The number of aliphatic hydroxyl groups is 2. The Bertz CT molecular complexity index is 1670. The number of benzene rings is 1. The summed E-state index contributed by atoms with van der Waals surface area (Å²) in [4.78, 5) is 33.0. The molecular formula is C37H49BrFN3O7. The Morgan fingerprint density at radius 2 is 1.80 bits per heavy atom. The molecule has 268 valence electrons. The van der Waals surface area contributed by atoms with Crippen LogP contribution in [0.2, 0.25) is 0 Å². The largest absolute Gasteiger partial charge is 0.508 e. The summed E-state index contributed by atoms with van der Waals surface area (Å²) in [5.74, 6) is -3.78. The highest BCUT2D eigenvalue weighted by Gasteiger charge is 2.64. The van der Waals surface area contributed by atoms with Crippen LogP contribution in [0.1, 0.15) is 123 Å². The number of piperidine rings is 1. The maximum atomic E-state index is 16.9. The highest BCUT2D eigenvalue weighted by Crippen LogP contribution is 2.57. The molecular weight excluding hydrogens is 697 g/mol. The van der Waals surface area contributed by atoms with Crippen LogP contribution in [0.4, 0.5) is 4.39 Å². The molecule has 4 aliphatic rings. The highest BCUT2D eigenvalue weighted by molar-refractivity contribution is 9.10. The lowest BCUT2D eigenvalue weighted by Crippen LogP contribution is -2.59. The second kappa shape index (κ2) is 13.7. The van der Waals surface area contributed by atoms with Crippen LogP contribution in [-0.4, -0.2) is 81.7 Å². The minimum Gasteiger partial charge on any atom is -0.508 e. The summed E-state index contributed by atoms with van der Waals surface area (Å²) in [5.41, 5.74) is -1.97. The van der Waals surface area contributed by atoms with Crippen molar-refractivity contribution in [3.63, 3.8) is 0 Å². The topological polar surface area (TPSA) is 126 Å². The lowest BCUT2D eigenvalue weighted by molar-refractivity contribution is -0.0559. The van der Waals surface area contributed by atoms with E-state index < -0.39 is 46.6 Å². The van der Waals surface area contributed by atoms with Crippen LogP contribution in [0, 0.1) is 17.7 Å². The average molecular weight is 747 g/mol.